The molecule has 2 aromatic rings. The van der Waals surface area contributed by atoms with Crippen LogP contribution in [0.4, 0.5) is 0 Å². The Morgan fingerprint density at radius 3 is 2.67 bits per heavy atom. The van der Waals surface area contributed by atoms with E-state index in [0.29, 0.717) is 6.73 Å². The smallest absolute Gasteiger partial charge is 0.123 e. The van der Waals surface area contributed by atoms with Gasteiger partial charge in [-0.3, -0.25) is 0 Å². The van der Waals surface area contributed by atoms with Crippen molar-refractivity contribution in [1.82, 2.24) is 4.57 Å². The number of halogens is 2. The quantitative estimate of drug-likeness (QED) is 0.296. The molecule has 5 heteroatoms. The number of benzene rings is 1. The van der Waals surface area contributed by atoms with Crippen molar-refractivity contribution in [2.75, 3.05) is 6.61 Å². The summed E-state index contributed by atoms with van der Waals surface area (Å²) in [4.78, 5) is 0. The van der Waals surface area contributed by atoms with E-state index in [1.807, 2.05) is 6.07 Å². The van der Waals surface area contributed by atoms with Gasteiger partial charge in [0.15, 0.2) is 0 Å². The molecule has 0 N–H and O–H groups in total. The monoisotopic (exact) mass is 427 g/mol. The number of ether oxygens (including phenoxy) is 1. The largest absolute Gasteiger partial charge is 0.361 e. The molecule has 0 unspecified atom stereocenters. The highest BCUT2D eigenvalue weighted by Crippen LogP contribution is 2.37. The summed E-state index contributed by atoms with van der Waals surface area (Å²) in [6.45, 7) is 8.69. The Labute approximate surface area is 159 Å². The Bertz CT molecular complexity index is 735. The number of nitrogens with zero attached hydrogens (tertiary/aromatic N) is 1. The molecule has 3 rings (SSSR count). The first-order valence-electron chi connectivity index (χ1n) is 8.93. The molecule has 0 amide bonds. The molecule has 0 aliphatic heterocycles. The van der Waals surface area contributed by atoms with Gasteiger partial charge in [0, 0.05) is 35.3 Å². The van der Waals surface area contributed by atoms with Gasteiger partial charge in [-0.1, -0.05) is 37.7 Å². The molecule has 0 spiro atoms. The second-order valence-electron chi connectivity index (χ2n) is 8.05. The first-order valence-corrected chi connectivity index (χ1v) is 13.8. The van der Waals surface area contributed by atoms with Crippen molar-refractivity contribution < 1.29 is 4.74 Å². The molecule has 0 atom stereocenters. The Hall–Kier alpha value is -0.293. The van der Waals surface area contributed by atoms with Gasteiger partial charge in [-0.25, -0.2) is 0 Å². The summed E-state index contributed by atoms with van der Waals surface area (Å²) in [6.07, 6.45) is 6.15. The Morgan fingerprint density at radius 1 is 1.17 bits per heavy atom. The Balaban J connectivity index is 1.95. The van der Waals surface area contributed by atoms with Crippen molar-refractivity contribution in [3.05, 3.63) is 32.9 Å². The zero-order chi connectivity index (χ0) is 17.3. The lowest BCUT2D eigenvalue weighted by Crippen LogP contribution is -2.22. The van der Waals surface area contributed by atoms with Crippen LogP contribution in [0.3, 0.4) is 0 Å². The molecule has 1 heterocycles. The van der Waals surface area contributed by atoms with Gasteiger partial charge in [0.2, 0.25) is 0 Å². The van der Waals surface area contributed by atoms with E-state index in [4.69, 9.17) is 16.3 Å². The van der Waals surface area contributed by atoms with E-state index in [9.17, 15) is 0 Å². The average Bonchev–Trinajstić information content (AvgIpc) is 2.64. The highest BCUT2D eigenvalue weighted by atomic mass is 79.9. The summed E-state index contributed by atoms with van der Waals surface area (Å²) in [5.41, 5.74) is 4.19. The van der Waals surface area contributed by atoms with Gasteiger partial charge in [-0.05, 0) is 65.4 Å². The van der Waals surface area contributed by atoms with E-state index in [1.54, 1.807) is 0 Å². The average molecular weight is 429 g/mol. The number of rotatable bonds is 5. The van der Waals surface area contributed by atoms with E-state index >= 15 is 0 Å². The van der Waals surface area contributed by atoms with Crippen LogP contribution in [-0.2, 0) is 24.3 Å². The number of hydrogen-bond acceptors (Lipinski definition) is 1. The first-order chi connectivity index (χ1) is 11.4. The minimum Gasteiger partial charge on any atom is -0.361 e. The van der Waals surface area contributed by atoms with Crippen LogP contribution in [0.1, 0.15) is 30.5 Å². The fourth-order valence-corrected chi connectivity index (χ4v) is 5.32. The van der Waals surface area contributed by atoms with Crippen LogP contribution in [-0.4, -0.2) is 19.2 Å². The number of fused-ring (bicyclic) bond motifs is 3. The molecule has 0 bridgehead atoms. The van der Waals surface area contributed by atoms with E-state index in [1.165, 1.54) is 47.5 Å². The maximum Gasteiger partial charge on any atom is 0.123 e. The van der Waals surface area contributed by atoms with Crippen LogP contribution in [0.5, 0.6) is 0 Å². The molecular weight excluding hydrogens is 402 g/mol. The van der Waals surface area contributed by atoms with Crippen LogP contribution in [0.2, 0.25) is 30.7 Å². The number of aromatic nitrogens is 1. The molecule has 1 aromatic carbocycles. The predicted molar refractivity (Wildman–Crippen MR) is 110 cm³/mol. The maximum absolute atomic E-state index is 6.33. The van der Waals surface area contributed by atoms with Gasteiger partial charge in [0.25, 0.3) is 0 Å². The molecule has 0 saturated carbocycles. The molecule has 1 aliphatic rings. The molecule has 0 radical (unpaired) electrons. The van der Waals surface area contributed by atoms with Gasteiger partial charge in [0.05, 0.1) is 5.52 Å². The van der Waals surface area contributed by atoms with Crippen LogP contribution in [0.25, 0.3) is 10.9 Å². The van der Waals surface area contributed by atoms with E-state index < -0.39 is 8.07 Å². The molecule has 132 valence electrons. The molecule has 2 nitrogen and oxygen atoms in total. The van der Waals surface area contributed by atoms with Crippen LogP contribution in [0.15, 0.2) is 16.6 Å². The minimum atomic E-state index is -1.05. The molecular formula is C19H27BrClNOSi. The van der Waals surface area contributed by atoms with Crippen molar-refractivity contribution in [3.8, 4) is 0 Å². The number of aryl methyl sites for hydroxylation is 1. The Morgan fingerprint density at radius 2 is 1.92 bits per heavy atom. The van der Waals surface area contributed by atoms with Gasteiger partial charge in [0.1, 0.15) is 6.73 Å². The van der Waals surface area contributed by atoms with Gasteiger partial charge < -0.3 is 9.30 Å². The van der Waals surface area contributed by atoms with Crippen LogP contribution >= 0.6 is 27.5 Å². The summed E-state index contributed by atoms with van der Waals surface area (Å²) < 4.78 is 9.56. The van der Waals surface area contributed by atoms with E-state index in [2.05, 4.69) is 46.2 Å². The Kier molecular flexibility index (Phi) is 5.80. The van der Waals surface area contributed by atoms with Gasteiger partial charge >= 0.3 is 0 Å². The lowest BCUT2D eigenvalue weighted by atomic mass is 10.1. The van der Waals surface area contributed by atoms with Crippen molar-refractivity contribution in [1.29, 1.82) is 0 Å². The summed E-state index contributed by atoms with van der Waals surface area (Å²) in [7, 11) is -1.05. The first kappa shape index (κ1) is 18.5. The van der Waals surface area contributed by atoms with E-state index in [0.717, 1.165) is 28.9 Å². The second-order valence-corrected chi connectivity index (χ2v) is 15.0. The minimum absolute atomic E-state index is 0.649. The lowest BCUT2D eigenvalue weighted by Gasteiger charge is -2.17. The summed E-state index contributed by atoms with van der Waals surface area (Å²) >= 11 is 10.1. The van der Waals surface area contributed by atoms with Gasteiger partial charge in [-0.2, -0.15) is 0 Å². The standard InChI is InChI=1S/C19H27BrClNOSi/c1-24(2,3)10-9-23-13-22-18-8-6-4-5-7-15(18)16-11-14(21)12-17(20)19(16)22/h11-12H,4-10,13H2,1-3H3. The van der Waals surface area contributed by atoms with Gasteiger partial charge in [-0.15, -0.1) is 0 Å². The molecule has 24 heavy (non-hydrogen) atoms. The third kappa shape index (κ3) is 4.09. The van der Waals surface area contributed by atoms with E-state index in [-0.39, 0.29) is 0 Å². The van der Waals surface area contributed by atoms with Crippen molar-refractivity contribution in [2.45, 2.75) is 64.5 Å². The normalized spacial score (nSPS) is 15.5. The molecule has 1 aliphatic carbocycles. The third-order valence-electron chi connectivity index (χ3n) is 4.85. The summed E-state index contributed by atoms with van der Waals surface area (Å²) in [5.74, 6) is 0. The fraction of sp³-hybridized carbons (Fsp3) is 0.579. The second kappa shape index (κ2) is 7.53. The molecule has 0 saturated heterocycles. The van der Waals surface area contributed by atoms with Crippen LogP contribution in [0, 0.1) is 0 Å². The zero-order valence-corrected chi connectivity index (χ0v) is 18.3. The zero-order valence-electron chi connectivity index (χ0n) is 14.9. The third-order valence-corrected chi connectivity index (χ3v) is 7.38. The van der Waals surface area contributed by atoms with Crippen molar-refractivity contribution in [3.63, 3.8) is 0 Å². The molecule has 0 fully saturated rings. The highest BCUT2D eigenvalue weighted by Gasteiger charge is 2.21. The van der Waals surface area contributed by atoms with Crippen LogP contribution < -0.4 is 0 Å². The number of hydrogen-bond donors (Lipinski definition) is 0. The SMILES string of the molecule is C[Si](C)(C)CCOCn1c2c(c3cc(Cl)cc(Br)c31)CCCCC2. The lowest BCUT2D eigenvalue weighted by molar-refractivity contribution is 0.0883. The summed E-state index contributed by atoms with van der Waals surface area (Å²) in [5, 5.41) is 2.11. The fourth-order valence-electron chi connectivity index (χ4n) is 3.54. The molecule has 1 aromatic heterocycles. The highest BCUT2D eigenvalue weighted by molar-refractivity contribution is 9.10. The topological polar surface area (TPSA) is 14.2 Å². The summed E-state index contributed by atoms with van der Waals surface area (Å²) in [6, 6.07) is 5.34. The van der Waals surface area contributed by atoms with Crippen molar-refractivity contribution >= 4 is 46.5 Å². The van der Waals surface area contributed by atoms with Crippen molar-refractivity contribution in [2.24, 2.45) is 0 Å². The predicted octanol–water partition coefficient (Wildman–Crippen LogP) is 6.64. The maximum atomic E-state index is 6.33.